The second-order valence-electron chi connectivity index (χ2n) is 8.21. The molecule has 2 fully saturated rings. The van der Waals surface area contributed by atoms with Crippen LogP contribution in [-0.4, -0.2) is 55.5 Å². The number of nitrogens with zero attached hydrogens (tertiary/aromatic N) is 2. The lowest BCUT2D eigenvalue weighted by Crippen LogP contribution is -2.37. The summed E-state index contributed by atoms with van der Waals surface area (Å²) in [6.45, 7) is 3.87. The van der Waals surface area contributed by atoms with Crippen molar-refractivity contribution < 1.29 is 13.9 Å². The Bertz CT molecular complexity index is 1070. The number of aromatic amines is 1. The van der Waals surface area contributed by atoms with Gasteiger partial charge in [-0.25, -0.2) is 4.39 Å². The van der Waals surface area contributed by atoms with Gasteiger partial charge in [-0.2, -0.15) is 5.10 Å². The quantitative estimate of drug-likeness (QED) is 0.574. The Morgan fingerprint density at radius 1 is 1.16 bits per heavy atom. The Labute approximate surface area is 186 Å². The van der Waals surface area contributed by atoms with Crippen molar-refractivity contribution in [1.29, 1.82) is 0 Å². The van der Waals surface area contributed by atoms with E-state index in [1.165, 1.54) is 6.07 Å². The number of amides is 1. The van der Waals surface area contributed by atoms with Crippen molar-refractivity contribution in [3.8, 4) is 11.1 Å². The highest BCUT2D eigenvalue weighted by Crippen LogP contribution is 2.36. The third kappa shape index (κ3) is 4.11. The summed E-state index contributed by atoms with van der Waals surface area (Å²) in [5.74, 6) is -0.652. The minimum absolute atomic E-state index is 0.0816. The van der Waals surface area contributed by atoms with Crippen LogP contribution < -0.4 is 15.5 Å². The molecule has 0 saturated carbocycles. The molecule has 3 heterocycles. The molecule has 166 valence electrons. The Balaban J connectivity index is 1.45. The number of nitrogens with one attached hydrogen (secondary N) is 3. The highest BCUT2D eigenvalue weighted by molar-refractivity contribution is 5.97. The van der Waals surface area contributed by atoms with Crippen LogP contribution in [0, 0.1) is 11.7 Å². The number of morpholine rings is 1. The molecule has 32 heavy (non-hydrogen) atoms. The first-order chi connectivity index (χ1) is 15.7. The number of ether oxygens (including phenoxy) is 1. The van der Waals surface area contributed by atoms with Gasteiger partial charge < -0.3 is 20.3 Å². The second kappa shape index (κ2) is 9.10. The smallest absolute Gasteiger partial charge is 0.229 e. The predicted octanol–water partition coefficient (Wildman–Crippen LogP) is 2.99. The van der Waals surface area contributed by atoms with Gasteiger partial charge in [-0.1, -0.05) is 30.3 Å². The zero-order chi connectivity index (χ0) is 21.9. The van der Waals surface area contributed by atoms with E-state index in [0.29, 0.717) is 49.7 Å². The van der Waals surface area contributed by atoms with Crippen LogP contribution in [0.2, 0.25) is 0 Å². The molecule has 0 spiro atoms. The second-order valence-corrected chi connectivity index (χ2v) is 8.21. The van der Waals surface area contributed by atoms with Crippen LogP contribution in [0.4, 0.5) is 15.8 Å². The summed E-state index contributed by atoms with van der Waals surface area (Å²) in [4.78, 5) is 15.5. The average molecular weight is 436 g/mol. The van der Waals surface area contributed by atoms with Crippen molar-refractivity contribution in [1.82, 2.24) is 15.5 Å². The van der Waals surface area contributed by atoms with Gasteiger partial charge in [-0.15, -0.1) is 0 Å². The van der Waals surface area contributed by atoms with Gasteiger partial charge in [0.2, 0.25) is 5.91 Å². The summed E-state index contributed by atoms with van der Waals surface area (Å²) >= 11 is 0. The van der Waals surface area contributed by atoms with Crippen molar-refractivity contribution in [2.75, 3.05) is 49.6 Å². The van der Waals surface area contributed by atoms with Gasteiger partial charge >= 0.3 is 0 Å². The standard InChI is InChI=1S/C24H26FN5O2/c25-21-11-22(29-24(31)20-15-26-14-19(20)16-4-2-1-3-5-16)23(30-6-8-32-9-7-30)10-18(21)17-12-27-28-13-17/h1-5,10-13,19-20,26H,6-9,14-15H2,(H,27,28)(H,29,31). The number of H-pyrrole nitrogens is 1. The average Bonchev–Trinajstić information content (AvgIpc) is 3.53. The summed E-state index contributed by atoms with van der Waals surface area (Å²) < 4.78 is 20.6. The van der Waals surface area contributed by atoms with E-state index in [4.69, 9.17) is 4.74 Å². The first kappa shape index (κ1) is 20.7. The van der Waals surface area contributed by atoms with Gasteiger partial charge in [-0.3, -0.25) is 9.89 Å². The van der Waals surface area contributed by atoms with E-state index in [0.717, 1.165) is 17.8 Å². The Morgan fingerprint density at radius 2 is 1.97 bits per heavy atom. The minimum Gasteiger partial charge on any atom is -0.378 e. The highest BCUT2D eigenvalue weighted by atomic mass is 19.1. The molecular weight excluding hydrogens is 409 g/mol. The Kier molecular flexibility index (Phi) is 5.87. The first-order valence-corrected chi connectivity index (χ1v) is 10.9. The maximum absolute atomic E-state index is 15.1. The number of benzene rings is 2. The van der Waals surface area contributed by atoms with Crippen LogP contribution in [0.25, 0.3) is 11.1 Å². The zero-order valence-electron chi connectivity index (χ0n) is 17.7. The summed E-state index contributed by atoms with van der Waals surface area (Å²) in [6.07, 6.45) is 3.25. The molecule has 3 N–H and O–H groups in total. The Morgan fingerprint density at radius 3 is 2.72 bits per heavy atom. The third-order valence-corrected chi connectivity index (χ3v) is 6.28. The molecule has 0 bridgehead atoms. The lowest BCUT2D eigenvalue weighted by Gasteiger charge is -2.31. The number of anilines is 2. The zero-order valence-corrected chi connectivity index (χ0v) is 17.7. The molecular formula is C24H26FN5O2. The van der Waals surface area contributed by atoms with Gasteiger partial charge in [-0.05, 0) is 11.6 Å². The largest absolute Gasteiger partial charge is 0.378 e. The number of aromatic nitrogens is 2. The molecule has 2 aromatic carbocycles. The maximum atomic E-state index is 15.1. The predicted molar refractivity (Wildman–Crippen MR) is 121 cm³/mol. The summed E-state index contributed by atoms with van der Waals surface area (Å²) in [5.41, 5.74) is 3.52. The van der Waals surface area contributed by atoms with E-state index in [-0.39, 0.29) is 17.7 Å². The fraction of sp³-hybridized carbons (Fsp3) is 0.333. The van der Waals surface area contributed by atoms with Crippen LogP contribution in [0.5, 0.6) is 0 Å². The molecule has 7 nitrogen and oxygen atoms in total. The minimum atomic E-state index is -0.400. The molecule has 8 heteroatoms. The molecule has 3 aromatic rings. The Hall–Kier alpha value is -3.23. The molecule has 2 aliphatic rings. The number of carbonyl (C=O) groups is 1. The van der Waals surface area contributed by atoms with Crippen molar-refractivity contribution in [2.45, 2.75) is 5.92 Å². The molecule has 0 aliphatic carbocycles. The van der Waals surface area contributed by atoms with Gasteiger partial charge in [0.1, 0.15) is 5.82 Å². The van der Waals surface area contributed by atoms with E-state index in [1.54, 1.807) is 18.5 Å². The van der Waals surface area contributed by atoms with E-state index in [2.05, 4.69) is 37.9 Å². The number of carbonyl (C=O) groups excluding carboxylic acids is 1. The summed E-state index contributed by atoms with van der Waals surface area (Å²) in [6, 6.07) is 13.3. The molecule has 5 rings (SSSR count). The van der Waals surface area contributed by atoms with E-state index in [1.807, 2.05) is 18.2 Å². The number of hydrogen-bond donors (Lipinski definition) is 3. The van der Waals surface area contributed by atoms with Crippen molar-refractivity contribution >= 4 is 17.3 Å². The van der Waals surface area contributed by atoms with Crippen LogP contribution in [0.15, 0.2) is 54.9 Å². The molecule has 2 aliphatic heterocycles. The normalized spacial score (nSPS) is 21.0. The highest BCUT2D eigenvalue weighted by Gasteiger charge is 2.34. The van der Waals surface area contributed by atoms with Crippen LogP contribution in [-0.2, 0) is 9.53 Å². The van der Waals surface area contributed by atoms with Crippen molar-refractivity contribution in [3.05, 3.63) is 66.2 Å². The SMILES string of the molecule is O=C(Nc1cc(F)c(-c2cn[nH]c2)cc1N1CCOCC1)C1CNCC1c1ccccc1. The molecule has 2 unspecified atom stereocenters. The van der Waals surface area contributed by atoms with E-state index in [9.17, 15) is 4.79 Å². The van der Waals surface area contributed by atoms with Crippen LogP contribution in [0.1, 0.15) is 11.5 Å². The van der Waals surface area contributed by atoms with Gasteiger partial charge in [0.25, 0.3) is 0 Å². The fourth-order valence-electron chi connectivity index (χ4n) is 4.58. The maximum Gasteiger partial charge on any atom is 0.229 e. The third-order valence-electron chi connectivity index (χ3n) is 6.28. The van der Waals surface area contributed by atoms with Crippen LogP contribution in [0.3, 0.4) is 0 Å². The number of rotatable bonds is 5. The monoisotopic (exact) mass is 435 g/mol. The molecule has 2 saturated heterocycles. The van der Waals surface area contributed by atoms with Crippen LogP contribution >= 0.6 is 0 Å². The number of halogens is 1. The molecule has 1 aromatic heterocycles. The fourth-order valence-corrected chi connectivity index (χ4v) is 4.58. The molecule has 1 amide bonds. The lowest BCUT2D eigenvalue weighted by molar-refractivity contribution is -0.119. The van der Waals surface area contributed by atoms with E-state index >= 15 is 4.39 Å². The summed E-state index contributed by atoms with van der Waals surface area (Å²) in [5, 5.41) is 13.0. The van der Waals surface area contributed by atoms with Crippen molar-refractivity contribution in [3.63, 3.8) is 0 Å². The van der Waals surface area contributed by atoms with Gasteiger partial charge in [0.15, 0.2) is 0 Å². The molecule has 2 atom stereocenters. The summed E-state index contributed by atoms with van der Waals surface area (Å²) in [7, 11) is 0. The van der Waals surface area contributed by atoms with E-state index < -0.39 is 5.82 Å². The number of hydrogen-bond acceptors (Lipinski definition) is 5. The van der Waals surface area contributed by atoms with Gasteiger partial charge in [0.05, 0.1) is 36.7 Å². The topological polar surface area (TPSA) is 82.3 Å². The van der Waals surface area contributed by atoms with Crippen molar-refractivity contribution in [2.24, 2.45) is 5.92 Å². The molecule has 0 radical (unpaired) electrons. The first-order valence-electron chi connectivity index (χ1n) is 10.9. The lowest BCUT2D eigenvalue weighted by atomic mass is 9.88. The van der Waals surface area contributed by atoms with Gasteiger partial charge in [0, 0.05) is 55.5 Å².